The van der Waals surface area contributed by atoms with Crippen molar-refractivity contribution in [3.8, 4) is 0 Å². The zero-order chi connectivity index (χ0) is 27.0. The van der Waals surface area contributed by atoms with E-state index in [2.05, 4.69) is 21.7 Å². The second-order valence-electron chi connectivity index (χ2n) is 8.76. The first-order valence-corrected chi connectivity index (χ1v) is 13.3. The number of benzene rings is 3. The highest BCUT2D eigenvalue weighted by Crippen LogP contribution is 2.36. The van der Waals surface area contributed by atoms with Gasteiger partial charge in [0.1, 0.15) is 0 Å². The number of rotatable bonds is 5. The first kappa shape index (κ1) is 26.1. The van der Waals surface area contributed by atoms with Gasteiger partial charge in [0.25, 0.3) is 5.91 Å². The van der Waals surface area contributed by atoms with Crippen LogP contribution in [0.4, 0.5) is 5.69 Å². The van der Waals surface area contributed by atoms with E-state index < -0.39 is 5.97 Å². The van der Waals surface area contributed by atoms with Crippen molar-refractivity contribution in [2.45, 2.75) is 13.5 Å². The number of fused-ring (bicyclic) bond motifs is 1. The summed E-state index contributed by atoms with van der Waals surface area (Å²) < 4.78 is 7.01. The number of aliphatic imine (C=N–C) groups is 1. The zero-order valence-electron chi connectivity index (χ0n) is 20.9. The van der Waals surface area contributed by atoms with Crippen LogP contribution in [0.5, 0.6) is 0 Å². The van der Waals surface area contributed by atoms with Crippen LogP contribution < -0.4 is 0 Å². The number of halogens is 2. The van der Waals surface area contributed by atoms with E-state index in [1.54, 1.807) is 37.4 Å². The first-order chi connectivity index (χ1) is 18.3. The van der Waals surface area contributed by atoms with Crippen LogP contribution in [-0.2, 0) is 16.1 Å². The van der Waals surface area contributed by atoms with E-state index in [1.165, 1.54) is 23.8 Å². The monoisotopic (exact) mass is 563 g/mol. The third-order valence-electron chi connectivity index (χ3n) is 6.38. The summed E-state index contributed by atoms with van der Waals surface area (Å²) in [4.78, 5) is 31.8. The van der Waals surface area contributed by atoms with Gasteiger partial charge >= 0.3 is 5.97 Å². The smallest absolute Gasteiger partial charge is 0.337 e. The molecular weight excluding hydrogens is 541 g/mol. The lowest BCUT2D eigenvalue weighted by Gasteiger charge is -2.10. The molecule has 192 valence electrons. The van der Waals surface area contributed by atoms with Crippen LogP contribution in [0.3, 0.4) is 0 Å². The summed E-state index contributed by atoms with van der Waals surface area (Å²) in [5, 5.41) is 2.61. The molecule has 0 N–H and O–H groups in total. The molecule has 6 nitrogen and oxygen atoms in total. The Morgan fingerprint density at radius 3 is 2.61 bits per heavy atom. The van der Waals surface area contributed by atoms with Gasteiger partial charge in [-0.1, -0.05) is 53.5 Å². The number of aromatic nitrogens is 1. The Kier molecular flexibility index (Phi) is 7.34. The highest BCUT2D eigenvalue weighted by atomic mass is 35.5. The average Bonchev–Trinajstić information content (AvgIpc) is 3.34. The van der Waals surface area contributed by atoms with Crippen molar-refractivity contribution in [2.75, 3.05) is 14.2 Å². The van der Waals surface area contributed by atoms with Crippen LogP contribution in [0.2, 0.25) is 10.0 Å². The number of para-hydroxylation sites is 1. The molecule has 1 amide bonds. The van der Waals surface area contributed by atoms with Crippen LogP contribution in [0.1, 0.15) is 27.2 Å². The number of carbonyl (C=O) groups is 2. The molecule has 5 rings (SSSR count). The molecular formula is C29H23Cl2N3O3S. The number of esters is 1. The van der Waals surface area contributed by atoms with Crippen molar-refractivity contribution in [1.82, 2.24) is 9.47 Å². The molecule has 0 aliphatic carbocycles. The lowest BCUT2D eigenvalue weighted by atomic mass is 10.1. The average molecular weight is 564 g/mol. The molecule has 1 fully saturated rings. The maximum Gasteiger partial charge on any atom is 0.337 e. The van der Waals surface area contributed by atoms with Crippen LogP contribution in [0.25, 0.3) is 17.0 Å². The number of hydrogen-bond donors (Lipinski definition) is 0. The maximum atomic E-state index is 13.2. The molecule has 2 heterocycles. The number of amides is 1. The van der Waals surface area contributed by atoms with Crippen LogP contribution >= 0.6 is 35.0 Å². The van der Waals surface area contributed by atoms with Gasteiger partial charge in [-0.25, -0.2) is 9.79 Å². The molecule has 1 saturated heterocycles. The minimum Gasteiger partial charge on any atom is -0.465 e. The number of hydrogen-bond acceptors (Lipinski definition) is 5. The number of methoxy groups -OCH3 is 1. The van der Waals surface area contributed by atoms with Crippen LogP contribution in [0.15, 0.2) is 76.6 Å². The number of ether oxygens (including phenoxy) is 1. The van der Waals surface area contributed by atoms with Crippen molar-refractivity contribution < 1.29 is 14.3 Å². The largest absolute Gasteiger partial charge is 0.465 e. The van der Waals surface area contributed by atoms with Crippen molar-refractivity contribution >= 4 is 74.7 Å². The Morgan fingerprint density at radius 2 is 1.84 bits per heavy atom. The fraction of sp³-hybridized carbons (Fsp3) is 0.138. The summed E-state index contributed by atoms with van der Waals surface area (Å²) in [6.45, 7) is 2.65. The molecule has 9 heteroatoms. The minimum atomic E-state index is -0.441. The van der Waals surface area contributed by atoms with Crippen LogP contribution in [-0.4, -0.2) is 40.7 Å². The number of nitrogens with zero attached hydrogens (tertiary/aromatic N) is 3. The van der Waals surface area contributed by atoms with Gasteiger partial charge in [0.2, 0.25) is 0 Å². The molecule has 1 aromatic heterocycles. The predicted molar refractivity (Wildman–Crippen MR) is 155 cm³/mol. The van der Waals surface area contributed by atoms with E-state index in [0.29, 0.717) is 37.9 Å². The summed E-state index contributed by atoms with van der Waals surface area (Å²) in [5.41, 5.74) is 5.03. The van der Waals surface area contributed by atoms with Gasteiger partial charge in [0, 0.05) is 35.8 Å². The highest BCUT2D eigenvalue weighted by molar-refractivity contribution is 8.18. The normalized spacial score (nSPS) is 15.7. The van der Waals surface area contributed by atoms with Crippen molar-refractivity contribution in [3.63, 3.8) is 0 Å². The van der Waals surface area contributed by atoms with E-state index >= 15 is 0 Å². The number of carbonyl (C=O) groups excluding carboxylic acids is 2. The lowest BCUT2D eigenvalue weighted by Crippen LogP contribution is -2.23. The molecule has 3 aromatic carbocycles. The van der Waals surface area contributed by atoms with Gasteiger partial charge in [-0.3, -0.25) is 9.69 Å². The molecule has 0 atom stereocenters. The summed E-state index contributed by atoms with van der Waals surface area (Å²) >= 11 is 13.7. The molecule has 38 heavy (non-hydrogen) atoms. The van der Waals surface area contributed by atoms with Gasteiger partial charge in [-0.05, 0) is 66.7 Å². The van der Waals surface area contributed by atoms with Crippen molar-refractivity contribution in [3.05, 3.63) is 104 Å². The van der Waals surface area contributed by atoms with Gasteiger partial charge in [0.05, 0.1) is 33.3 Å². The van der Waals surface area contributed by atoms with Gasteiger partial charge in [-0.2, -0.15) is 0 Å². The molecule has 4 aromatic rings. The summed E-state index contributed by atoms with van der Waals surface area (Å²) in [6.07, 6.45) is 1.93. The van der Waals surface area contributed by atoms with Gasteiger partial charge < -0.3 is 9.30 Å². The topological polar surface area (TPSA) is 63.9 Å². The van der Waals surface area contributed by atoms with E-state index in [4.69, 9.17) is 27.9 Å². The predicted octanol–water partition coefficient (Wildman–Crippen LogP) is 7.33. The molecule has 1 aliphatic rings. The van der Waals surface area contributed by atoms with E-state index in [1.807, 2.05) is 37.3 Å². The molecule has 0 spiro atoms. The van der Waals surface area contributed by atoms with E-state index in [9.17, 15) is 9.59 Å². The second-order valence-corrected chi connectivity index (χ2v) is 10.6. The Balaban J connectivity index is 1.52. The molecule has 0 saturated carbocycles. The highest BCUT2D eigenvalue weighted by Gasteiger charge is 2.31. The summed E-state index contributed by atoms with van der Waals surface area (Å²) in [5.74, 6) is -0.581. The first-order valence-electron chi connectivity index (χ1n) is 11.7. The lowest BCUT2D eigenvalue weighted by molar-refractivity contribution is -0.121. The zero-order valence-corrected chi connectivity index (χ0v) is 23.2. The third kappa shape index (κ3) is 4.97. The fourth-order valence-corrected chi connectivity index (χ4v) is 5.67. The van der Waals surface area contributed by atoms with E-state index in [-0.39, 0.29) is 5.91 Å². The SMILES string of the molecule is COC(=O)c1cccc(N=C2SC(=Cc3c(C)n(Cc4ccc(Cl)c(Cl)c4)c4ccccc34)C(=O)N2C)c1. The Hall–Kier alpha value is -3.52. The van der Waals surface area contributed by atoms with Crippen molar-refractivity contribution in [2.24, 2.45) is 4.99 Å². The quantitative estimate of drug-likeness (QED) is 0.188. The fourth-order valence-electron chi connectivity index (χ4n) is 4.38. The number of likely N-dealkylation sites (N-methyl/N-ethyl adjacent to an activating group) is 1. The molecule has 0 unspecified atom stereocenters. The van der Waals surface area contributed by atoms with Gasteiger partial charge in [0.15, 0.2) is 5.17 Å². The van der Waals surface area contributed by atoms with Gasteiger partial charge in [-0.15, -0.1) is 0 Å². The Bertz CT molecular complexity index is 1660. The number of amidine groups is 1. The minimum absolute atomic E-state index is 0.140. The number of thioether (sulfide) groups is 1. The Labute approximate surface area is 234 Å². The molecule has 0 bridgehead atoms. The second kappa shape index (κ2) is 10.7. The van der Waals surface area contributed by atoms with Crippen molar-refractivity contribution in [1.29, 1.82) is 0 Å². The summed E-state index contributed by atoms with van der Waals surface area (Å²) in [6, 6.07) is 20.6. The summed E-state index contributed by atoms with van der Waals surface area (Å²) in [7, 11) is 3.03. The Morgan fingerprint density at radius 1 is 1.05 bits per heavy atom. The molecule has 0 radical (unpaired) electrons. The van der Waals surface area contributed by atoms with Crippen LogP contribution in [0, 0.1) is 6.92 Å². The third-order valence-corrected chi connectivity index (χ3v) is 8.17. The maximum absolute atomic E-state index is 13.2. The standard InChI is InChI=1S/C29H23Cl2N3O3S/c1-17-22(21-9-4-5-10-25(21)34(17)16-18-11-12-23(30)24(31)13-18)15-26-27(35)33(2)29(38-26)32-20-8-6-7-19(14-20)28(36)37-3/h4-15H,16H2,1-3H3. The molecule has 1 aliphatic heterocycles. The van der Waals surface area contributed by atoms with E-state index in [0.717, 1.165) is 27.7 Å².